The second kappa shape index (κ2) is 5.29. The first-order valence-corrected chi connectivity index (χ1v) is 6.07. The van der Waals surface area contributed by atoms with Crippen molar-refractivity contribution in [2.75, 3.05) is 18.5 Å². The Kier molecular flexibility index (Phi) is 3.92. The number of nitrogens with zero attached hydrogens (tertiary/aromatic N) is 5. The molecule has 2 heterocycles. The molecule has 0 aliphatic heterocycles. The predicted octanol–water partition coefficient (Wildman–Crippen LogP) is 2.84. The second-order valence-electron chi connectivity index (χ2n) is 4.69. The van der Waals surface area contributed by atoms with E-state index in [0.29, 0.717) is 5.69 Å². The van der Waals surface area contributed by atoms with Crippen LogP contribution in [0.25, 0.3) is 5.78 Å². The Bertz CT molecular complexity index is 674. The highest BCUT2D eigenvalue weighted by Crippen LogP contribution is 2.28. The van der Waals surface area contributed by atoms with Crippen LogP contribution in [0, 0.1) is 6.92 Å². The molecule has 5 nitrogen and oxygen atoms in total. The lowest BCUT2D eigenvalue weighted by Gasteiger charge is -2.20. The molecule has 0 aromatic carbocycles. The lowest BCUT2D eigenvalue weighted by atomic mass is 10.3. The summed E-state index contributed by atoms with van der Waals surface area (Å²) in [6, 6.07) is 1.35. The van der Waals surface area contributed by atoms with Crippen LogP contribution in [0.3, 0.4) is 0 Å². The first kappa shape index (κ1) is 16.3. The molecule has 11 heteroatoms. The third-order valence-electron chi connectivity index (χ3n) is 2.80. The first-order chi connectivity index (χ1) is 9.97. The number of hydrogen-bond donors (Lipinski definition) is 0. The molecule has 2 aromatic heterocycles. The minimum atomic E-state index is -4.76. The molecule has 0 N–H and O–H groups in total. The number of aryl methyl sites for hydroxylation is 1. The molecule has 0 saturated carbocycles. The van der Waals surface area contributed by atoms with Gasteiger partial charge in [-0.05, 0) is 6.92 Å². The molecular weight excluding hydrogens is 316 g/mol. The number of aromatic nitrogens is 4. The van der Waals surface area contributed by atoms with E-state index in [4.69, 9.17) is 0 Å². The molecule has 0 bridgehead atoms. The smallest absolute Gasteiger partial charge is 0.359 e. The number of fused-ring (bicyclic) bond motifs is 1. The average Bonchev–Trinajstić information content (AvgIpc) is 2.77. The predicted molar refractivity (Wildman–Crippen MR) is 64.5 cm³/mol. The van der Waals surface area contributed by atoms with E-state index in [1.54, 1.807) is 0 Å². The zero-order valence-electron chi connectivity index (χ0n) is 11.5. The van der Waals surface area contributed by atoms with Crippen LogP contribution in [-0.2, 0) is 6.18 Å². The lowest BCUT2D eigenvalue weighted by molar-refractivity contribution is -0.144. The maximum atomic E-state index is 12.6. The molecule has 0 amide bonds. The van der Waals surface area contributed by atoms with E-state index < -0.39 is 31.1 Å². The Morgan fingerprint density at radius 2 is 1.77 bits per heavy atom. The van der Waals surface area contributed by atoms with Gasteiger partial charge in [0, 0.05) is 25.4 Å². The number of rotatable bonds is 3. The van der Waals surface area contributed by atoms with Gasteiger partial charge in [0.25, 0.3) is 11.6 Å². The Morgan fingerprint density at radius 3 is 2.32 bits per heavy atom. The quantitative estimate of drug-likeness (QED) is 0.814. The molecule has 0 atom stereocenters. The summed E-state index contributed by atoms with van der Waals surface area (Å²) in [5.41, 5.74) is 0.322. The summed E-state index contributed by atoms with van der Waals surface area (Å²) in [4.78, 5) is 8.22. The zero-order chi connectivity index (χ0) is 16.7. The minimum absolute atomic E-state index is 0.0507. The van der Waals surface area contributed by atoms with E-state index in [0.717, 1.165) is 9.42 Å². The lowest BCUT2D eigenvalue weighted by Crippen LogP contribution is -2.26. The van der Waals surface area contributed by atoms with Crippen molar-refractivity contribution in [2.24, 2.45) is 0 Å². The van der Waals surface area contributed by atoms with Gasteiger partial charge in [-0.2, -0.15) is 35.8 Å². The fourth-order valence-electron chi connectivity index (χ4n) is 1.77. The van der Waals surface area contributed by atoms with Gasteiger partial charge in [0.2, 0.25) is 0 Å². The van der Waals surface area contributed by atoms with Gasteiger partial charge in [0.1, 0.15) is 5.82 Å². The largest absolute Gasteiger partial charge is 0.453 e. The van der Waals surface area contributed by atoms with E-state index in [1.807, 2.05) is 0 Å². The normalized spacial score (nSPS) is 12.9. The van der Waals surface area contributed by atoms with Crippen molar-refractivity contribution in [3.63, 3.8) is 0 Å². The van der Waals surface area contributed by atoms with Crippen molar-refractivity contribution in [3.05, 3.63) is 17.6 Å². The van der Waals surface area contributed by atoms with E-state index in [9.17, 15) is 26.3 Å². The van der Waals surface area contributed by atoms with Crippen molar-refractivity contribution in [3.8, 4) is 0 Å². The van der Waals surface area contributed by atoms with Gasteiger partial charge in [-0.1, -0.05) is 0 Å². The van der Waals surface area contributed by atoms with Crippen molar-refractivity contribution < 1.29 is 26.3 Å². The second-order valence-corrected chi connectivity index (χ2v) is 4.69. The van der Waals surface area contributed by atoms with Gasteiger partial charge in [0.15, 0.2) is 0 Å². The Labute approximate surface area is 120 Å². The van der Waals surface area contributed by atoms with Crippen molar-refractivity contribution in [1.82, 2.24) is 19.6 Å². The topological polar surface area (TPSA) is 46.3 Å². The Morgan fingerprint density at radius 1 is 1.14 bits per heavy atom. The van der Waals surface area contributed by atoms with Crippen molar-refractivity contribution >= 4 is 11.6 Å². The maximum Gasteiger partial charge on any atom is 0.453 e. The van der Waals surface area contributed by atoms with Gasteiger partial charge in [-0.15, -0.1) is 5.10 Å². The van der Waals surface area contributed by atoms with Crippen molar-refractivity contribution in [2.45, 2.75) is 25.7 Å². The molecule has 22 heavy (non-hydrogen) atoms. The van der Waals surface area contributed by atoms with Crippen LogP contribution < -0.4 is 4.90 Å². The summed E-state index contributed by atoms with van der Waals surface area (Å²) < 4.78 is 75.5. The highest BCUT2D eigenvalue weighted by atomic mass is 19.4. The molecular formula is C11H11F6N5. The molecule has 122 valence electrons. The van der Waals surface area contributed by atoms with Crippen LogP contribution in [0.5, 0.6) is 0 Å². The summed E-state index contributed by atoms with van der Waals surface area (Å²) in [7, 11) is 1.33. The monoisotopic (exact) mass is 327 g/mol. The van der Waals surface area contributed by atoms with Gasteiger partial charge >= 0.3 is 12.4 Å². The molecule has 0 aliphatic rings. The standard InChI is InChI=1S/C11H11F6N5/c1-6-5-7(21(2)4-3-10(12,13)14)22-9(18-6)19-8(20-22)11(15,16)17/h5H,3-4H2,1-2H3. The van der Waals surface area contributed by atoms with Crippen LogP contribution in [0.15, 0.2) is 6.07 Å². The van der Waals surface area contributed by atoms with E-state index in [1.165, 1.54) is 20.0 Å². The highest BCUT2D eigenvalue weighted by molar-refractivity contribution is 5.47. The summed E-state index contributed by atoms with van der Waals surface area (Å²) in [6.07, 6.45) is -10.2. The number of alkyl halides is 6. The number of hydrogen-bond acceptors (Lipinski definition) is 4. The molecule has 2 rings (SSSR count). The zero-order valence-corrected chi connectivity index (χ0v) is 11.5. The third kappa shape index (κ3) is 3.57. The minimum Gasteiger partial charge on any atom is -0.359 e. The molecule has 2 aromatic rings. The van der Waals surface area contributed by atoms with E-state index in [-0.39, 0.29) is 11.6 Å². The Balaban J connectivity index is 2.42. The van der Waals surface area contributed by atoms with Gasteiger partial charge in [0.05, 0.1) is 6.42 Å². The van der Waals surface area contributed by atoms with Crippen LogP contribution in [0.1, 0.15) is 17.9 Å². The molecule has 0 spiro atoms. The molecule has 0 fully saturated rings. The van der Waals surface area contributed by atoms with Crippen LogP contribution >= 0.6 is 0 Å². The van der Waals surface area contributed by atoms with Crippen molar-refractivity contribution in [1.29, 1.82) is 0 Å². The first-order valence-electron chi connectivity index (χ1n) is 6.07. The van der Waals surface area contributed by atoms with Gasteiger partial charge in [-0.3, -0.25) is 0 Å². The molecule has 0 aliphatic carbocycles. The number of halogens is 6. The van der Waals surface area contributed by atoms with Crippen LogP contribution in [-0.4, -0.2) is 39.4 Å². The van der Waals surface area contributed by atoms with Crippen LogP contribution in [0.2, 0.25) is 0 Å². The fraction of sp³-hybridized carbons (Fsp3) is 0.545. The summed E-state index contributed by atoms with van der Waals surface area (Å²) in [5.74, 6) is -1.66. The molecule has 0 saturated heterocycles. The summed E-state index contributed by atoms with van der Waals surface area (Å²) >= 11 is 0. The van der Waals surface area contributed by atoms with E-state index >= 15 is 0 Å². The summed E-state index contributed by atoms with van der Waals surface area (Å²) in [6.45, 7) is 1.08. The summed E-state index contributed by atoms with van der Waals surface area (Å²) in [5, 5.41) is 3.29. The van der Waals surface area contributed by atoms with Crippen LogP contribution in [0.4, 0.5) is 32.2 Å². The highest BCUT2D eigenvalue weighted by Gasteiger charge is 2.37. The van der Waals surface area contributed by atoms with Gasteiger partial charge in [-0.25, -0.2) is 4.98 Å². The average molecular weight is 327 g/mol. The maximum absolute atomic E-state index is 12.6. The van der Waals surface area contributed by atoms with E-state index in [2.05, 4.69) is 15.1 Å². The molecule has 0 radical (unpaired) electrons. The molecule has 0 unspecified atom stereocenters. The number of anilines is 1. The van der Waals surface area contributed by atoms with Gasteiger partial charge < -0.3 is 4.90 Å². The Hall–Kier alpha value is -2.07. The third-order valence-corrected chi connectivity index (χ3v) is 2.80. The SMILES string of the molecule is Cc1cc(N(C)CCC(F)(F)F)n2nc(C(F)(F)F)nc2n1. The fourth-order valence-corrected chi connectivity index (χ4v) is 1.77.